The number of unbranched alkanes of at least 4 members (excludes halogenated alkanes) is 3. The van der Waals surface area contributed by atoms with Crippen molar-refractivity contribution in [3.05, 3.63) is 11.9 Å². The van der Waals surface area contributed by atoms with E-state index in [1.165, 1.54) is 37.8 Å². The maximum Gasteiger partial charge on any atom is 0.134 e. The molecule has 0 fully saturated rings. The van der Waals surface area contributed by atoms with E-state index in [1.807, 2.05) is 11.8 Å². The Morgan fingerprint density at radius 1 is 1.21 bits per heavy atom. The molecule has 1 rings (SSSR count). The van der Waals surface area contributed by atoms with E-state index in [0.29, 0.717) is 11.7 Å². The van der Waals surface area contributed by atoms with Crippen molar-refractivity contribution < 1.29 is 0 Å². The number of nitrogens with zero attached hydrogens (tertiary/aromatic N) is 2. The van der Waals surface area contributed by atoms with Crippen molar-refractivity contribution >= 4 is 23.4 Å². The standard InChI is InChI=1S/C14H26N4S/c1-11(2)12-13(15)17-10-18-14(12)16-8-6-4-5-7-9-19-3/h10-11H,4-9H2,1-3H3,(H3,15,16,17,18). The molecule has 1 aromatic rings. The molecule has 3 N–H and O–H groups in total. The van der Waals surface area contributed by atoms with E-state index in [-0.39, 0.29) is 0 Å². The van der Waals surface area contributed by atoms with Gasteiger partial charge in [-0.1, -0.05) is 26.7 Å². The number of thioether (sulfide) groups is 1. The number of rotatable bonds is 9. The van der Waals surface area contributed by atoms with Crippen molar-refractivity contribution in [1.29, 1.82) is 0 Å². The van der Waals surface area contributed by atoms with E-state index in [9.17, 15) is 0 Å². The Balaban J connectivity index is 2.35. The third-order valence-electron chi connectivity index (χ3n) is 3.06. The van der Waals surface area contributed by atoms with Gasteiger partial charge in [0, 0.05) is 12.1 Å². The zero-order valence-electron chi connectivity index (χ0n) is 12.3. The van der Waals surface area contributed by atoms with Gasteiger partial charge in [0.25, 0.3) is 0 Å². The molecule has 1 heterocycles. The average molecular weight is 282 g/mol. The summed E-state index contributed by atoms with van der Waals surface area (Å²) in [7, 11) is 0. The Bertz CT molecular complexity index is 368. The van der Waals surface area contributed by atoms with Gasteiger partial charge in [-0.3, -0.25) is 0 Å². The van der Waals surface area contributed by atoms with Crippen LogP contribution in [0.2, 0.25) is 0 Å². The Morgan fingerprint density at radius 3 is 2.63 bits per heavy atom. The van der Waals surface area contributed by atoms with Crippen molar-refractivity contribution in [2.75, 3.05) is 29.6 Å². The fourth-order valence-corrected chi connectivity index (χ4v) is 2.54. The minimum absolute atomic E-state index is 0.338. The first-order valence-corrected chi connectivity index (χ1v) is 8.39. The third-order valence-corrected chi connectivity index (χ3v) is 3.76. The number of hydrogen-bond donors (Lipinski definition) is 2. The van der Waals surface area contributed by atoms with E-state index in [1.54, 1.807) is 0 Å². The van der Waals surface area contributed by atoms with Crippen molar-refractivity contribution in [2.45, 2.75) is 45.4 Å². The van der Waals surface area contributed by atoms with Gasteiger partial charge in [-0.05, 0) is 30.8 Å². The molecular formula is C14H26N4S. The first-order valence-electron chi connectivity index (χ1n) is 7.00. The first kappa shape index (κ1) is 16.1. The number of hydrogen-bond acceptors (Lipinski definition) is 5. The lowest BCUT2D eigenvalue weighted by molar-refractivity contribution is 0.687. The summed E-state index contributed by atoms with van der Waals surface area (Å²) in [6.45, 7) is 5.18. The molecule has 1 aromatic heterocycles. The van der Waals surface area contributed by atoms with Crippen molar-refractivity contribution in [2.24, 2.45) is 0 Å². The van der Waals surface area contributed by atoms with Gasteiger partial charge >= 0.3 is 0 Å². The summed E-state index contributed by atoms with van der Waals surface area (Å²) in [6.07, 6.45) is 8.77. The normalized spacial score (nSPS) is 10.9. The minimum Gasteiger partial charge on any atom is -0.383 e. The predicted molar refractivity (Wildman–Crippen MR) is 85.9 cm³/mol. The van der Waals surface area contributed by atoms with E-state index in [0.717, 1.165) is 17.9 Å². The monoisotopic (exact) mass is 282 g/mol. The van der Waals surface area contributed by atoms with Gasteiger partial charge in [-0.2, -0.15) is 11.8 Å². The van der Waals surface area contributed by atoms with E-state index >= 15 is 0 Å². The van der Waals surface area contributed by atoms with Gasteiger partial charge in [-0.15, -0.1) is 0 Å². The molecule has 0 amide bonds. The highest BCUT2D eigenvalue weighted by Gasteiger charge is 2.12. The summed E-state index contributed by atoms with van der Waals surface area (Å²) < 4.78 is 0. The quantitative estimate of drug-likeness (QED) is 0.678. The number of aromatic nitrogens is 2. The lowest BCUT2D eigenvalue weighted by Crippen LogP contribution is -2.10. The van der Waals surface area contributed by atoms with Gasteiger partial charge in [-0.25, -0.2) is 9.97 Å². The maximum atomic E-state index is 5.91. The lowest BCUT2D eigenvalue weighted by atomic mass is 10.0. The lowest BCUT2D eigenvalue weighted by Gasteiger charge is -2.14. The zero-order valence-corrected chi connectivity index (χ0v) is 13.1. The number of nitrogens with one attached hydrogen (secondary N) is 1. The molecule has 0 unspecified atom stereocenters. The molecule has 5 heteroatoms. The van der Waals surface area contributed by atoms with Crippen LogP contribution in [0.25, 0.3) is 0 Å². The summed E-state index contributed by atoms with van der Waals surface area (Å²) in [4.78, 5) is 8.37. The first-order chi connectivity index (χ1) is 9.16. The topological polar surface area (TPSA) is 63.8 Å². The van der Waals surface area contributed by atoms with Crippen LogP contribution in [0.5, 0.6) is 0 Å². The van der Waals surface area contributed by atoms with E-state index in [2.05, 4.69) is 35.4 Å². The molecule has 19 heavy (non-hydrogen) atoms. The molecule has 4 nitrogen and oxygen atoms in total. The van der Waals surface area contributed by atoms with Crippen LogP contribution < -0.4 is 11.1 Å². The molecule has 0 spiro atoms. The number of nitrogens with two attached hydrogens (primary N) is 1. The average Bonchev–Trinajstić information content (AvgIpc) is 2.37. The van der Waals surface area contributed by atoms with E-state index < -0.39 is 0 Å². The molecular weight excluding hydrogens is 256 g/mol. The van der Waals surface area contributed by atoms with Crippen LogP contribution in [0, 0.1) is 0 Å². The van der Waals surface area contributed by atoms with Crippen LogP contribution in [0.1, 0.15) is 51.0 Å². The van der Waals surface area contributed by atoms with E-state index in [4.69, 9.17) is 5.73 Å². The minimum atomic E-state index is 0.338. The zero-order chi connectivity index (χ0) is 14.1. The van der Waals surface area contributed by atoms with Gasteiger partial charge in [0.15, 0.2) is 0 Å². The van der Waals surface area contributed by atoms with Crippen LogP contribution >= 0.6 is 11.8 Å². The Labute approximate surface area is 121 Å². The maximum absolute atomic E-state index is 5.91. The summed E-state index contributed by atoms with van der Waals surface area (Å²) in [5.41, 5.74) is 6.95. The molecule has 0 saturated carbocycles. The highest BCUT2D eigenvalue weighted by atomic mass is 32.2. The summed E-state index contributed by atoms with van der Waals surface area (Å²) in [5, 5.41) is 3.39. The molecule has 0 aliphatic heterocycles. The highest BCUT2D eigenvalue weighted by molar-refractivity contribution is 7.98. The molecule has 108 valence electrons. The highest BCUT2D eigenvalue weighted by Crippen LogP contribution is 2.26. The molecule has 0 bridgehead atoms. The Kier molecular flexibility index (Phi) is 7.63. The molecule has 0 radical (unpaired) electrons. The summed E-state index contributed by atoms with van der Waals surface area (Å²) in [5.74, 6) is 3.09. The van der Waals surface area contributed by atoms with Crippen LogP contribution in [0.3, 0.4) is 0 Å². The van der Waals surface area contributed by atoms with Gasteiger partial charge in [0.1, 0.15) is 18.0 Å². The fourth-order valence-electron chi connectivity index (χ4n) is 2.05. The van der Waals surface area contributed by atoms with Crippen molar-refractivity contribution in [3.63, 3.8) is 0 Å². The SMILES string of the molecule is CSCCCCCCNc1ncnc(N)c1C(C)C. The van der Waals surface area contributed by atoms with Gasteiger partial charge in [0.05, 0.1) is 0 Å². The Morgan fingerprint density at radius 2 is 1.95 bits per heavy atom. The number of anilines is 2. The third kappa shape index (κ3) is 5.68. The molecule has 0 saturated heterocycles. The van der Waals surface area contributed by atoms with Crippen LogP contribution in [0.15, 0.2) is 6.33 Å². The Hall–Kier alpha value is -0.970. The van der Waals surface area contributed by atoms with Crippen LogP contribution in [-0.2, 0) is 0 Å². The second-order valence-corrected chi connectivity index (χ2v) is 6.00. The van der Waals surface area contributed by atoms with Crippen molar-refractivity contribution in [3.8, 4) is 0 Å². The van der Waals surface area contributed by atoms with Gasteiger partial charge in [0.2, 0.25) is 0 Å². The van der Waals surface area contributed by atoms with Crippen molar-refractivity contribution in [1.82, 2.24) is 9.97 Å². The molecule has 0 atom stereocenters. The predicted octanol–water partition coefficient (Wildman–Crippen LogP) is 3.52. The fraction of sp³-hybridized carbons (Fsp3) is 0.714. The largest absolute Gasteiger partial charge is 0.383 e. The molecule has 0 aromatic carbocycles. The summed E-state index contributed by atoms with van der Waals surface area (Å²) >= 11 is 1.92. The smallest absolute Gasteiger partial charge is 0.134 e. The second kappa shape index (κ2) is 9.02. The van der Waals surface area contributed by atoms with Crippen LogP contribution in [0.4, 0.5) is 11.6 Å². The van der Waals surface area contributed by atoms with Gasteiger partial charge < -0.3 is 11.1 Å². The van der Waals surface area contributed by atoms with Crippen LogP contribution in [-0.4, -0.2) is 28.5 Å². The number of nitrogen functional groups attached to an aromatic ring is 1. The molecule has 0 aliphatic carbocycles. The second-order valence-electron chi connectivity index (χ2n) is 5.01. The summed E-state index contributed by atoms with van der Waals surface area (Å²) in [6, 6.07) is 0. The molecule has 0 aliphatic rings.